The molecule has 144 valence electrons. The van der Waals surface area contributed by atoms with Crippen LogP contribution in [-0.2, 0) is 4.79 Å². The Labute approximate surface area is 161 Å². The molecule has 1 aromatic carbocycles. The number of nitrogens with zero attached hydrogens (tertiary/aromatic N) is 3. The van der Waals surface area contributed by atoms with Crippen molar-refractivity contribution in [1.29, 1.82) is 0 Å². The second kappa shape index (κ2) is 8.98. The number of hydrogen-bond acceptors (Lipinski definition) is 3. The van der Waals surface area contributed by atoms with E-state index in [9.17, 15) is 4.79 Å². The highest BCUT2D eigenvalue weighted by atomic mass is 16.5. The van der Waals surface area contributed by atoms with Crippen molar-refractivity contribution >= 4 is 5.91 Å². The summed E-state index contributed by atoms with van der Waals surface area (Å²) in [6, 6.07) is 11.7. The van der Waals surface area contributed by atoms with Crippen LogP contribution in [0.15, 0.2) is 47.6 Å². The maximum Gasteiger partial charge on any atom is 0.252 e. The summed E-state index contributed by atoms with van der Waals surface area (Å²) < 4.78 is 7.71. The predicted molar refractivity (Wildman–Crippen MR) is 106 cm³/mol. The average Bonchev–Trinajstić information content (AvgIpc) is 2.70. The fourth-order valence-corrected chi connectivity index (χ4v) is 3.45. The van der Waals surface area contributed by atoms with Crippen molar-refractivity contribution in [3.05, 3.63) is 48.0 Å². The number of rotatable bonds is 6. The van der Waals surface area contributed by atoms with Crippen LogP contribution in [-0.4, -0.2) is 22.3 Å². The first kappa shape index (κ1) is 19.3. The molecule has 0 aliphatic heterocycles. The van der Waals surface area contributed by atoms with Crippen LogP contribution in [0.4, 0.5) is 0 Å². The van der Waals surface area contributed by atoms with Gasteiger partial charge in [-0.25, -0.2) is 9.67 Å². The third-order valence-corrected chi connectivity index (χ3v) is 5.24. The lowest BCUT2D eigenvalue weighted by molar-refractivity contribution is -0.128. The highest BCUT2D eigenvalue weighted by Gasteiger charge is 2.34. The fraction of sp³-hybridized carbons (Fsp3) is 0.500. The van der Waals surface area contributed by atoms with Crippen LogP contribution in [0.25, 0.3) is 5.69 Å². The number of amides is 1. The summed E-state index contributed by atoms with van der Waals surface area (Å²) in [5.41, 5.74) is 0.577. The van der Waals surface area contributed by atoms with Crippen molar-refractivity contribution in [3.8, 4) is 11.6 Å². The molecule has 1 fully saturated rings. The third-order valence-electron chi connectivity index (χ3n) is 5.24. The van der Waals surface area contributed by atoms with E-state index in [2.05, 4.69) is 17.0 Å². The zero-order valence-corrected chi connectivity index (χ0v) is 16.4. The molecule has 0 bridgehead atoms. The summed E-state index contributed by atoms with van der Waals surface area (Å²) in [5, 5.41) is 5.05. The van der Waals surface area contributed by atoms with Crippen LogP contribution in [0, 0.1) is 5.41 Å². The molecule has 1 heterocycles. The number of aromatic nitrogens is 2. The SMILES string of the molecule is CCCCOc1c/c(=N\C(=O)C2(C)CCCCC2)cnn1-c1ccccc1. The van der Waals surface area contributed by atoms with Gasteiger partial charge in [-0.15, -0.1) is 0 Å². The van der Waals surface area contributed by atoms with E-state index in [1.165, 1.54) is 6.42 Å². The molecule has 0 spiro atoms. The first-order valence-corrected chi connectivity index (χ1v) is 9.99. The van der Waals surface area contributed by atoms with Gasteiger partial charge in [0.25, 0.3) is 5.91 Å². The Hall–Kier alpha value is -2.43. The fourth-order valence-electron chi connectivity index (χ4n) is 3.45. The summed E-state index contributed by atoms with van der Waals surface area (Å²) >= 11 is 0. The zero-order valence-electron chi connectivity index (χ0n) is 16.4. The monoisotopic (exact) mass is 367 g/mol. The molecule has 1 aliphatic carbocycles. The number of hydrogen-bond donors (Lipinski definition) is 0. The van der Waals surface area contributed by atoms with Crippen LogP contribution >= 0.6 is 0 Å². The van der Waals surface area contributed by atoms with Gasteiger partial charge in [-0.2, -0.15) is 5.10 Å². The van der Waals surface area contributed by atoms with Crippen molar-refractivity contribution in [2.75, 3.05) is 6.61 Å². The van der Waals surface area contributed by atoms with Crippen molar-refractivity contribution < 1.29 is 9.53 Å². The van der Waals surface area contributed by atoms with E-state index in [1.807, 2.05) is 43.3 Å². The normalized spacial score (nSPS) is 16.9. The third kappa shape index (κ3) is 4.85. The van der Waals surface area contributed by atoms with E-state index >= 15 is 0 Å². The standard InChI is InChI=1S/C22H29N3O2/c1-3-4-15-27-20-16-18(17-23-25(20)19-11-7-5-8-12-19)24-21(26)22(2)13-9-6-10-14-22/h5,7-8,11-12,16-17H,3-4,6,9-10,13-15H2,1-2H3/b24-18+. The lowest BCUT2D eigenvalue weighted by atomic mass is 9.75. The number of unbranched alkanes of at least 4 members (excludes halogenated alkanes) is 1. The molecule has 1 saturated carbocycles. The van der Waals surface area contributed by atoms with Crippen molar-refractivity contribution in [2.45, 2.75) is 58.8 Å². The first-order valence-electron chi connectivity index (χ1n) is 9.99. The van der Waals surface area contributed by atoms with E-state index in [1.54, 1.807) is 10.9 Å². The number of benzene rings is 1. The van der Waals surface area contributed by atoms with Gasteiger partial charge in [-0.3, -0.25) is 4.79 Å². The lowest BCUT2D eigenvalue weighted by Gasteiger charge is -2.29. The van der Waals surface area contributed by atoms with Crippen molar-refractivity contribution in [1.82, 2.24) is 9.78 Å². The highest BCUT2D eigenvalue weighted by Crippen LogP contribution is 2.36. The predicted octanol–water partition coefficient (Wildman–Crippen LogP) is 4.45. The van der Waals surface area contributed by atoms with E-state index in [0.29, 0.717) is 17.8 Å². The average molecular weight is 367 g/mol. The van der Waals surface area contributed by atoms with Gasteiger partial charge >= 0.3 is 0 Å². The lowest BCUT2D eigenvalue weighted by Crippen LogP contribution is -2.30. The van der Waals surface area contributed by atoms with Gasteiger partial charge in [-0.05, 0) is 31.4 Å². The molecule has 0 unspecified atom stereocenters. The summed E-state index contributed by atoms with van der Waals surface area (Å²) in [5.74, 6) is 0.568. The molecule has 1 aromatic heterocycles. The molecular formula is C22H29N3O2. The highest BCUT2D eigenvalue weighted by molar-refractivity contribution is 5.83. The molecule has 5 heteroatoms. The van der Waals surface area contributed by atoms with Crippen molar-refractivity contribution in [3.63, 3.8) is 0 Å². The second-order valence-corrected chi connectivity index (χ2v) is 7.54. The molecule has 1 aliphatic rings. The minimum Gasteiger partial charge on any atom is -0.478 e. The summed E-state index contributed by atoms with van der Waals surface area (Å²) in [7, 11) is 0. The molecule has 0 radical (unpaired) electrons. The zero-order chi connectivity index (χ0) is 19.1. The Morgan fingerprint density at radius 2 is 1.96 bits per heavy atom. The quantitative estimate of drug-likeness (QED) is 0.709. The minimum atomic E-state index is -0.341. The smallest absolute Gasteiger partial charge is 0.252 e. The van der Waals surface area contributed by atoms with Crippen LogP contribution in [0.5, 0.6) is 5.88 Å². The molecule has 3 rings (SSSR count). The molecule has 0 N–H and O–H groups in total. The first-order chi connectivity index (χ1) is 13.1. The molecule has 0 saturated heterocycles. The molecule has 2 aromatic rings. The number of para-hydroxylation sites is 1. The second-order valence-electron chi connectivity index (χ2n) is 7.54. The van der Waals surface area contributed by atoms with E-state index in [0.717, 1.165) is 44.2 Å². The number of ether oxygens (including phenoxy) is 1. The van der Waals surface area contributed by atoms with E-state index < -0.39 is 0 Å². The van der Waals surface area contributed by atoms with Crippen molar-refractivity contribution in [2.24, 2.45) is 10.4 Å². The van der Waals surface area contributed by atoms with Crippen LogP contribution in [0.2, 0.25) is 0 Å². The minimum absolute atomic E-state index is 0.0408. The Bertz CT molecular complexity index is 821. The van der Waals surface area contributed by atoms with E-state index in [-0.39, 0.29) is 11.3 Å². The maximum atomic E-state index is 12.8. The van der Waals surface area contributed by atoms with Gasteiger partial charge in [0, 0.05) is 11.5 Å². The van der Waals surface area contributed by atoms with Crippen LogP contribution in [0.3, 0.4) is 0 Å². The molecule has 5 nitrogen and oxygen atoms in total. The van der Waals surface area contributed by atoms with Gasteiger partial charge in [0.05, 0.1) is 23.8 Å². The van der Waals surface area contributed by atoms with Gasteiger partial charge < -0.3 is 4.74 Å². The summed E-state index contributed by atoms with van der Waals surface area (Å²) in [6.07, 6.45) is 8.91. The number of carbonyl (C=O) groups excluding carboxylic acids is 1. The maximum absolute atomic E-state index is 12.8. The largest absolute Gasteiger partial charge is 0.478 e. The Kier molecular flexibility index (Phi) is 6.43. The van der Waals surface area contributed by atoms with Gasteiger partial charge in [0.2, 0.25) is 5.88 Å². The Balaban J connectivity index is 1.92. The van der Waals surface area contributed by atoms with Gasteiger partial charge in [0.15, 0.2) is 0 Å². The van der Waals surface area contributed by atoms with Crippen LogP contribution < -0.4 is 10.1 Å². The van der Waals surface area contributed by atoms with Crippen LogP contribution in [0.1, 0.15) is 58.8 Å². The van der Waals surface area contributed by atoms with E-state index in [4.69, 9.17) is 4.74 Å². The molecule has 0 atom stereocenters. The number of carbonyl (C=O) groups is 1. The Morgan fingerprint density at radius 3 is 2.67 bits per heavy atom. The molecular weight excluding hydrogens is 338 g/mol. The molecule has 1 amide bonds. The molecule has 27 heavy (non-hydrogen) atoms. The van der Waals surface area contributed by atoms with Gasteiger partial charge in [-0.1, -0.05) is 57.7 Å². The topological polar surface area (TPSA) is 56.5 Å². The summed E-state index contributed by atoms with van der Waals surface area (Å²) in [4.78, 5) is 17.2. The summed E-state index contributed by atoms with van der Waals surface area (Å²) in [6.45, 7) is 4.78. The Morgan fingerprint density at radius 1 is 1.22 bits per heavy atom. The van der Waals surface area contributed by atoms with Gasteiger partial charge in [0.1, 0.15) is 0 Å².